The van der Waals surface area contributed by atoms with Gasteiger partial charge in [-0.2, -0.15) is 0 Å². The molecule has 2 aliphatic carbocycles. The van der Waals surface area contributed by atoms with E-state index in [9.17, 15) is 0 Å². The SMILES string of the molecule is Cc1cc(CCC2c3ccccc3C=C3CCC=CC32)ccn1. The summed E-state index contributed by atoms with van der Waals surface area (Å²) < 4.78 is 0. The van der Waals surface area contributed by atoms with Crippen molar-refractivity contribution in [2.45, 2.75) is 38.5 Å². The van der Waals surface area contributed by atoms with Gasteiger partial charge in [0.1, 0.15) is 0 Å². The third kappa shape index (κ3) is 2.88. The van der Waals surface area contributed by atoms with Crippen LogP contribution in [0.5, 0.6) is 0 Å². The number of hydrogen-bond acceptors (Lipinski definition) is 1. The average Bonchev–Trinajstić information content (AvgIpc) is 2.58. The van der Waals surface area contributed by atoms with Crippen LogP contribution in [0.4, 0.5) is 0 Å². The van der Waals surface area contributed by atoms with E-state index < -0.39 is 0 Å². The Labute approximate surface area is 138 Å². The predicted octanol–water partition coefficient (Wildman–Crippen LogP) is 5.47. The van der Waals surface area contributed by atoms with Crippen LogP contribution in [0.2, 0.25) is 0 Å². The summed E-state index contributed by atoms with van der Waals surface area (Å²) in [5, 5.41) is 0. The first-order chi connectivity index (χ1) is 11.3. The summed E-state index contributed by atoms with van der Waals surface area (Å²) in [5.74, 6) is 1.21. The van der Waals surface area contributed by atoms with E-state index in [1.807, 2.05) is 6.20 Å². The molecule has 1 heteroatoms. The molecular formula is C22H23N. The van der Waals surface area contributed by atoms with Crippen LogP contribution in [-0.4, -0.2) is 4.98 Å². The van der Waals surface area contributed by atoms with Gasteiger partial charge in [0.2, 0.25) is 0 Å². The number of nitrogens with zero attached hydrogens (tertiary/aromatic N) is 1. The maximum absolute atomic E-state index is 4.32. The third-order valence-corrected chi connectivity index (χ3v) is 5.25. The quantitative estimate of drug-likeness (QED) is 0.685. The molecule has 23 heavy (non-hydrogen) atoms. The van der Waals surface area contributed by atoms with Crippen molar-refractivity contribution < 1.29 is 0 Å². The summed E-state index contributed by atoms with van der Waals surface area (Å²) in [6.07, 6.45) is 13.9. The van der Waals surface area contributed by atoms with Crippen molar-refractivity contribution >= 4 is 6.08 Å². The average molecular weight is 301 g/mol. The van der Waals surface area contributed by atoms with Crippen molar-refractivity contribution in [1.29, 1.82) is 0 Å². The van der Waals surface area contributed by atoms with Crippen LogP contribution >= 0.6 is 0 Å². The monoisotopic (exact) mass is 301 g/mol. The zero-order valence-electron chi connectivity index (χ0n) is 13.7. The lowest BCUT2D eigenvalue weighted by atomic mass is 9.70. The third-order valence-electron chi connectivity index (χ3n) is 5.25. The highest BCUT2D eigenvalue weighted by atomic mass is 14.6. The summed E-state index contributed by atoms with van der Waals surface area (Å²) in [5.41, 5.74) is 7.11. The molecule has 0 bridgehead atoms. The Kier molecular flexibility index (Phi) is 3.87. The molecule has 1 nitrogen and oxygen atoms in total. The molecular weight excluding hydrogens is 278 g/mol. The largest absolute Gasteiger partial charge is 0.262 e. The number of aromatic nitrogens is 1. The standard InChI is InChI=1S/C22H23N/c1-16-14-17(12-13-23-16)10-11-22-20-8-4-2-6-18(20)15-19-7-3-5-9-21(19)22/h2,4-6,8-9,12-15,21-22H,3,7,10-11H2,1H3. The molecule has 0 saturated heterocycles. The van der Waals surface area contributed by atoms with E-state index in [1.54, 1.807) is 5.57 Å². The Morgan fingerprint density at radius 1 is 1.17 bits per heavy atom. The Hall–Kier alpha value is -2.15. The summed E-state index contributed by atoms with van der Waals surface area (Å²) >= 11 is 0. The minimum absolute atomic E-state index is 0.599. The number of fused-ring (bicyclic) bond motifs is 2. The van der Waals surface area contributed by atoms with E-state index in [-0.39, 0.29) is 0 Å². The lowest BCUT2D eigenvalue weighted by Gasteiger charge is -2.35. The van der Waals surface area contributed by atoms with Crippen molar-refractivity contribution in [3.63, 3.8) is 0 Å². The van der Waals surface area contributed by atoms with Gasteiger partial charge in [-0.3, -0.25) is 4.98 Å². The maximum Gasteiger partial charge on any atom is 0.0375 e. The molecule has 0 fully saturated rings. The Morgan fingerprint density at radius 3 is 3.00 bits per heavy atom. The predicted molar refractivity (Wildman–Crippen MR) is 96.3 cm³/mol. The second-order valence-corrected chi connectivity index (χ2v) is 6.79. The van der Waals surface area contributed by atoms with Crippen LogP contribution < -0.4 is 0 Å². The van der Waals surface area contributed by atoms with E-state index in [0.717, 1.165) is 12.1 Å². The number of aryl methyl sites for hydroxylation is 2. The molecule has 0 N–H and O–H groups in total. The number of benzene rings is 1. The highest BCUT2D eigenvalue weighted by molar-refractivity contribution is 5.63. The number of rotatable bonds is 3. The molecule has 0 saturated carbocycles. The first kappa shape index (κ1) is 14.4. The second kappa shape index (κ2) is 6.16. The van der Waals surface area contributed by atoms with Crippen molar-refractivity contribution in [1.82, 2.24) is 4.98 Å². The lowest BCUT2D eigenvalue weighted by molar-refractivity contribution is 0.501. The van der Waals surface area contributed by atoms with Gasteiger partial charge in [0.25, 0.3) is 0 Å². The molecule has 2 atom stereocenters. The fourth-order valence-electron chi connectivity index (χ4n) is 4.13. The van der Waals surface area contributed by atoms with Gasteiger partial charge in [-0.15, -0.1) is 0 Å². The molecule has 0 aliphatic heterocycles. The molecule has 1 heterocycles. The molecule has 0 spiro atoms. The number of pyridine rings is 1. The zero-order valence-corrected chi connectivity index (χ0v) is 13.7. The van der Waals surface area contributed by atoms with Crippen LogP contribution in [0.15, 0.2) is 60.3 Å². The van der Waals surface area contributed by atoms with Crippen molar-refractivity contribution in [2.75, 3.05) is 0 Å². The van der Waals surface area contributed by atoms with Gasteiger partial charge in [0.15, 0.2) is 0 Å². The van der Waals surface area contributed by atoms with Crippen LogP contribution in [-0.2, 0) is 6.42 Å². The summed E-state index contributed by atoms with van der Waals surface area (Å²) in [7, 11) is 0. The molecule has 0 amide bonds. The maximum atomic E-state index is 4.32. The summed E-state index contributed by atoms with van der Waals surface area (Å²) in [6, 6.07) is 13.3. The van der Waals surface area contributed by atoms with Crippen molar-refractivity contribution in [2.24, 2.45) is 5.92 Å². The minimum Gasteiger partial charge on any atom is -0.262 e. The molecule has 1 aromatic heterocycles. The van der Waals surface area contributed by atoms with E-state index in [4.69, 9.17) is 0 Å². The van der Waals surface area contributed by atoms with Gasteiger partial charge in [-0.25, -0.2) is 0 Å². The number of hydrogen-bond donors (Lipinski definition) is 0. The van der Waals surface area contributed by atoms with Crippen LogP contribution in [0.25, 0.3) is 6.08 Å². The molecule has 1 aromatic carbocycles. The fourth-order valence-corrected chi connectivity index (χ4v) is 4.13. The van der Waals surface area contributed by atoms with E-state index in [0.29, 0.717) is 11.8 Å². The fraction of sp³-hybridized carbons (Fsp3) is 0.318. The smallest absolute Gasteiger partial charge is 0.0375 e. The van der Waals surface area contributed by atoms with Gasteiger partial charge in [0.05, 0.1) is 0 Å². The summed E-state index contributed by atoms with van der Waals surface area (Å²) in [4.78, 5) is 4.32. The van der Waals surface area contributed by atoms with Gasteiger partial charge in [0, 0.05) is 17.8 Å². The highest BCUT2D eigenvalue weighted by Crippen LogP contribution is 2.44. The van der Waals surface area contributed by atoms with Crippen LogP contribution in [0.1, 0.15) is 47.6 Å². The van der Waals surface area contributed by atoms with Crippen molar-refractivity contribution in [3.8, 4) is 0 Å². The highest BCUT2D eigenvalue weighted by Gasteiger charge is 2.30. The van der Waals surface area contributed by atoms with E-state index in [1.165, 1.54) is 36.0 Å². The second-order valence-electron chi connectivity index (χ2n) is 6.79. The Morgan fingerprint density at radius 2 is 2.09 bits per heavy atom. The molecule has 4 rings (SSSR count). The van der Waals surface area contributed by atoms with Gasteiger partial charge >= 0.3 is 0 Å². The minimum atomic E-state index is 0.599. The van der Waals surface area contributed by atoms with Gasteiger partial charge < -0.3 is 0 Å². The zero-order chi connectivity index (χ0) is 15.6. The van der Waals surface area contributed by atoms with Gasteiger partial charge in [-0.05, 0) is 67.3 Å². The number of allylic oxidation sites excluding steroid dienone is 3. The molecule has 2 unspecified atom stereocenters. The molecule has 2 aliphatic rings. The normalized spacial score (nSPS) is 22.2. The molecule has 0 radical (unpaired) electrons. The van der Waals surface area contributed by atoms with Gasteiger partial charge in [-0.1, -0.05) is 48.1 Å². The van der Waals surface area contributed by atoms with Crippen LogP contribution in [0, 0.1) is 12.8 Å². The Balaban J connectivity index is 1.64. The summed E-state index contributed by atoms with van der Waals surface area (Å²) in [6.45, 7) is 2.07. The van der Waals surface area contributed by atoms with E-state index in [2.05, 4.69) is 66.5 Å². The lowest BCUT2D eigenvalue weighted by Crippen LogP contribution is -2.20. The molecule has 2 aromatic rings. The van der Waals surface area contributed by atoms with Crippen molar-refractivity contribution in [3.05, 3.63) is 82.7 Å². The first-order valence-corrected chi connectivity index (χ1v) is 8.69. The Bertz CT molecular complexity index is 769. The topological polar surface area (TPSA) is 12.9 Å². The molecule has 116 valence electrons. The first-order valence-electron chi connectivity index (χ1n) is 8.69. The van der Waals surface area contributed by atoms with E-state index >= 15 is 0 Å². The van der Waals surface area contributed by atoms with Crippen LogP contribution in [0.3, 0.4) is 0 Å².